The maximum absolute atomic E-state index is 5.88. The Labute approximate surface area is 89.5 Å². The summed E-state index contributed by atoms with van der Waals surface area (Å²) in [4.78, 5) is 5.03. The lowest BCUT2D eigenvalue weighted by atomic mass is 10.1. The lowest BCUT2D eigenvalue weighted by Crippen LogP contribution is -2.00. The molecule has 0 aliphatic heterocycles. The van der Waals surface area contributed by atoms with Gasteiger partial charge in [-0.1, -0.05) is 35.8 Å². The average Bonchev–Trinajstić information content (AvgIpc) is 2.19. The second-order valence-electron chi connectivity index (χ2n) is 2.82. The monoisotopic (exact) mass is 211 g/mol. The molecular formula is C11H14ClNO. The van der Waals surface area contributed by atoms with Crippen molar-refractivity contribution in [3.05, 3.63) is 34.9 Å². The smallest absolute Gasteiger partial charge is 0.114 e. The molecule has 0 aliphatic carbocycles. The minimum absolute atomic E-state index is 0.587. The van der Waals surface area contributed by atoms with E-state index in [-0.39, 0.29) is 0 Å². The molecule has 3 heteroatoms. The lowest BCUT2D eigenvalue weighted by Gasteiger charge is -2.03. The highest BCUT2D eigenvalue weighted by molar-refractivity contribution is 6.31. The van der Waals surface area contributed by atoms with E-state index in [4.69, 9.17) is 16.4 Å². The van der Waals surface area contributed by atoms with Crippen LogP contribution in [0.15, 0.2) is 29.4 Å². The Bertz CT molecular complexity index is 323. The third-order valence-electron chi connectivity index (χ3n) is 1.80. The van der Waals surface area contributed by atoms with Gasteiger partial charge in [-0.2, -0.15) is 0 Å². The summed E-state index contributed by atoms with van der Waals surface area (Å²) in [7, 11) is 0. The Kier molecular flexibility index (Phi) is 4.47. The summed E-state index contributed by atoms with van der Waals surface area (Å²) in [6.07, 6.45) is 0.834. The van der Waals surface area contributed by atoms with Gasteiger partial charge < -0.3 is 4.84 Å². The van der Waals surface area contributed by atoms with Crippen molar-refractivity contribution in [2.75, 3.05) is 6.61 Å². The van der Waals surface area contributed by atoms with E-state index in [2.05, 4.69) is 5.16 Å². The van der Waals surface area contributed by atoms with Crippen LogP contribution in [0.3, 0.4) is 0 Å². The second-order valence-corrected chi connectivity index (χ2v) is 3.26. The second kappa shape index (κ2) is 5.66. The molecule has 0 fully saturated rings. The summed E-state index contributed by atoms with van der Waals surface area (Å²) >= 11 is 5.88. The number of benzene rings is 1. The molecule has 1 rings (SSSR count). The Hall–Kier alpha value is -1.02. The highest BCUT2D eigenvalue weighted by Gasteiger charge is 2.01. The fraction of sp³-hybridized carbons (Fsp3) is 0.364. The Morgan fingerprint density at radius 2 is 2.21 bits per heavy atom. The quantitative estimate of drug-likeness (QED) is 0.552. The van der Waals surface area contributed by atoms with E-state index in [1.165, 1.54) is 0 Å². The normalized spacial score (nSPS) is 11.5. The van der Waals surface area contributed by atoms with Crippen LogP contribution in [0, 0.1) is 0 Å². The summed E-state index contributed by atoms with van der Waals surface area (Å²) < 4.78 is 0. The molecule has 14 heavy (non-hydrogen) atoms. The fourth-order valence-electron chi connectivity index (χ4n) is 1.13. The van der Waals surface area contributed by atoms with Crippen molar-refractivity contribution < 1.29 is 4.84 Å². The molecule has 0 unspecified atom stereocenters. The first-order chi connectivity index (χ1) is 6.77. The zero-order chi connectivity index (χ0) is 10.4. The van der Waals surface area contributed by atoms with Crippen LogP contribution in [-0.4, -0.2) is 12.3 Å². The van der Waals surface area contributed by atoms with E-state index in [0.717, 1.165) is 22.7 Å². The molecule has 0 saturated heterocycles. The topological polar surface area (TPSA) is 21.6 Å². The molecule has 76 valence electrons. The van der Waals surface area contributed by atoms with Crippen LogP contribution in [0.5, 0.6) is 0 Å². The van der Waals surface area contributed by atoms with E-state index < -0.39 is 0 Å². The van der Waals surface area contributed by atoms with Crippen molar-refractivity contribution in [2.45, 2.75) is 20.3 Å². The van der Waals surface area contributed by atoms with Crippen molar-refractivity contribution in [3.8, 4) is 0 Å². The summed E-state index contributed by atoms with van der Waals surface area (Å²) in [5, 5.41) is 4.75. The Morgan fingerprint density at radius 3 is 2.79 bits per heavy atom. The van der Waals surface area contributed by atoms with Crippen LogP contribution in [0.1, 0.15) is 25.8 Å². The minimum Gasteiger partial charge on any atom is -0.396 e. The molecule has 0 atom stereocenters. The van der Waals surface area contributed by atoms with Gasteiger partial charge in [-0.15, -0.1) is 0 Å². The van der Waals surface area contributed by atoms with Crippen LogP contribution in [0.4, 0.5) is 0 Å². The van der Waals surface area contributed by atoms with Gasteiger partial charge in [0, 0.05) is 10.6 Å². The van der Waals surface area contributed by atoms with Crippen LogP contribution >= 0.6 is 11.6 Å². The molecule has 0 spiro atoms. The van der Waals surface area contributed by atoms with Crippen LogP contribution in [0.2, 0.25) is 5.02 Å². The molecule has 1 aromatic carbocycles. The van der Waals surface area contributed by atoms with Gasteiger partial charge in [0.1, 0.15) is 6.61 Å². The van der Waals surface area contributed by atoms with Gasteiger partial charge in [-0.05, 0) is 25.5 Å². The highest BCUT2D eigenvalue weighted by atomic mass is 35.5. The first-order valence-corrected chi connectivity index (χ1v) is 5.10. The number of rotatable bonds is 4. The molecular weight excluding hydrogens is 198 g/mol. The van der Waals surface area contributed by atoms with Gasteiger partial charge >= 0.3 is 0 Å². The molecule has 0 radical (unpaired) electrons. The summed E-state index contributed by atoms with van der Waals surface area (Å²) in [5.74, 6) is 0. The molecule has 1 aromatic rings. The van der Waals surface area contributed by atoms with Crippen LogP contribution < -0.4 is 0 Å². The van der Waals surface area contributed by atoms with Crippen LogP contribution in [-0.2, 0) is 4.84 Å². The molecule has 0 saturated carbocycles. The lowest BCUT2D eigenvalue weighted by molar-refractivity contribution is 0.158. The number of hydrogen-bond acceptors (Lipinski definition) is 2. The summed E-state index contributed by atoms with van der Waals surface area (Å²) in [5.41, 5.74) is 1.95. The van der Waals surface area contributed by atoms with Gasteiger partial charge in [-0.3, -0.25) is 0 Å². The third kappa shape index (κ3) is 3.04. The first kappa shape index (κ1) is 11.1. The molecule has 0 aromatic heterocycles. The molecule has 0 heterocycles. The maximum atomic E-state index is 5.88. The standard InChI is InChI=1S/C11H14ClNO/c1-3-11(13-14-4-2)9-6-5-7-10(12)8-9/h5-8H,3-4H2,1-2H3. The number of halogens is 1. The van der Waals surface area contributed by atoms with Crippen molar-refractivity contribution in [2.24, 2.45) is 5.16 Å². The van der Waals surface area contributed by atoms with Gasteiger partial charge in [0.05, 0.1) is 5.71 Å². The molecule has 2 nitrogen and oxygen atoms in total. The molecule has 0 bridgehead atoms. The van der Waals surface area contributed by atoms with E-state index in [1.54, 1.807) is 0 Å². The minimum atomic E-state index is 0.587. The van der Waals surface area contributed by atoms with Crippen LogP contribution in [0.25, 0.3) is 0 Å². The van der Waals surface area contributed by atoms with E-state index in [1.807, 2.05) is 38.1 Å². The van der Waals surface area contributed by atoms with Gasteiger partial charge in [0.15, 0.2) is 0 Å². The SMILES string of the molecule is CCON=C(CC)c1cccc(Cl)c1. The summed E-state index contributed by atoms with van der Waals surface area (Å²) in [6, 6.07) is 7.63. The maximum Gasteiger partial charge on any atom is 0.114 e. The van der Waals surface area contributed by atoms with Crippen molar-refractivity contribution >= 4 is 17.3 Å². The predicted octanol–water partition coefficient (Wildman–Crippen LogP) is 3.49. The fourth-order valence-corrected chi connectivity index (χ4v) is 1.32. The third-order valence-corrected chi connectivity index (χ3v) is 2.03. The van der Waals surface area contributed by atoms with Crippen molar-refractivity contribution in [3.63, 3.8) is 0 Å². The van der Waals surface area contributed by atoms with Gasteiger partial charge in [0.25, 0.3) is 0 Å². The molecule has 0 aliphatic rings. The largest absolute Gasteiger partial charge is 0.396 e. The zero-order valence-electron chi connectivity index (χ0n) is 8.46. The highest BCUT2D eigenvalue weighted by Crippen LogP contribution is 2.13. The average molecular weight is 212 g/mol. The van der Waals surface area contributed by atoms with Crippen molar-refractivity contribution in [1.82, 2.24) is 0 Å². The van der Waals surface area contributed by atoms with Gasteiger partial charge in [-0.25, -0.2) is 0 Å². The van der Waals surface area contributed by atoms with E-state index in [9.17, 15) is 0 Å². The molecule has 0 amide bonds. The summed E-state index contributed by atoms with van der Waals surface area (Å²) in [6.45, 7) is 4.54. The first-order valence-electron chi connectivity index (χ1n) is 4.72. The van der Waals surface area contributed by atoms with E-state index >= 15 is 0 Å². The van der Waals surface area contributed by atoms with E-state index in [0.29, 0.717) is 6.61 Å². The van der Waals surface area contributed by atoms with Gasteiger partial charge in [0.2, 0.25) is 0 Å². The number of nitrogens with zero attached hydrogens (tertiary/aromatic N) is 1. The number of hydrogen-bond donors (Lipinski definition) is 0. The predicted molar refractivity (Wildman–Crippen MR) is 59.9 cm³/mol. The zero-order valence-corrected chi connectivity index (χ0v) is 9.21. The van der Waals surface area contributed by atoms with Crippen molar-refractivity contribution in [1.29, 1.82) is 0 Å². The Balaban J connectivity index is 2.89. The Morgan fingerprint density at radius 1 is 1.43 bits per heavy atom. The number of oxime groups is 1. The molecule has 0 N–H and O–H groups in total.